The zero-order valence-corrected chi connectivity index (χ0v) is 11.2. The van der Waals surface area contributed by atoms with Crippen LogP contribution in [0.5, 0.6) is 0 Å². The SMILES string of the molecule is NNC(=O)CCCCCn1c2c(ccc1=O)CCC2. The maximum absolute atomic E-state index is 11.9. The van der Waals surface area contributed by atoms with Crippen LogP contribution in [0.2, 0.25) is 0 Å². The van der Waals surface area contributed by atoms with Crippen molar-refractivity contribution in [2.45, 2.75) is 51.5 Å². The second-order valence-corrected chi connectivity index (χ2v) is 5.03. The van der Waals surface area contributed by atoms with E-state index in [2.05, 4.69) is 5.43 Å². The summed E-state index contributed by atoms with van der Waals surface area (Å²) in [5.41, 5.74) is 4.76. The Morgan fingerprint density at radius 2 is 2.11 bits per heavy atom. The number of aryl methyl sites for hydroxylation is 1. The minimum absolute atomic E-state index is 0.0975. The first kappa shape index (κ1) is 13.8. The van der Waals surface area contributed by atoms with Gasteiger partial charge in [0, 0.05) is 24.7 Å². The summed E-state index contributed by atoms with van der Waals surface area (Å²) < 4.78 is 1.91. The molecule has 1 aromatic heterocycles. The zero-order valence-electron chi connectivity index (χ0n) is 11.2. The molecule has 1 aliphatic rings. The molecule has 0 aromatic carbocycles. The Morgan fingerprint density at radius 3 is 2.89 bits per heavy atom. The van der Waals surface area contributed by atoms with Crippen molar-refractivity contribution in [1.82, 2.24) is 9.99 Å². The number of carbonyl (C=O) groups excluding carboxylic acids is 1. The molecule has 1 heterocycles. The van der Waals surface area contributed by atoms with Crippen LogP contribution in [0.4, 0.5) is 0 Å². The highest BCUT2D eigenvalue weighted by Gasteiger charge is 2.15. The summed E-state index contributed by atoms with van der Waals surface area (Å²) in [6, 6.07) is 3.64. The second-order valence-electron chi connectivity index (χ2n) is 5.03. The number of pyridine rings is 1. The Bertz CT molecular complexity index is 508. The Morgan fingerprint density at radius 1 is 1.26 bits per heavy atom. The van der Waals surface area contributed by atoms with Crippen molar-refractivity contribution in [3.63, 3.8) is 0 Å². The fourth-order valence-corrected chi connectivity index (χ4v) is 2.68. The molecule has 5 nitrogen and oxygen atoms in total. The van der Waals surface area contributed by atoms with Crippen molar-refractivity contribution >= 4 is 5.91 Å². The lowest BCUT2D eigenvalue weighted by atomic mass is 10.1. The van der Waals surface area contributed by atoms with Crippen molar-refractivity contribution in [1.29, 1.82) is 0 Å². The summed E-state index contributed by atoms with van der Waals surface area (Å²) in [5, 5.41) is 0. The third-order valence-electron chi connectivity index (χ3n) is 3.70. The molecule has 104 valence electrons. The third kappa shape index (κ3) is 3.44. The number of unbranched alkanes of at least 4 members (excludes halogenated alkanes) is 2. The van der Waals surface area contributed by atoms with Gasteiger partial charge in [-0.1, -0.05) is 12.5 Å². The molecule has 1 aromatic rings. The molecule has 0 bridgehead atoms. The summed E-state index contributed by atoms with van der Waals surface area (Å²) >= 11 is 0. The number of aromatic nitrogens is 1. The zero-order chi connectivity index (χ0) is 13.7. The lowest BCUT2D eigenvalue weighted by molar-refractivity contribution is -0.121. The first-order chi connectivity index (χ1) is 9.22. The standard InChI is InChI=1S/C14H21N3O2/c15-16-13(18)7-2-1-3-10-17-12-6-4-5-11(12)8-9-14(17)19/h8-9H,1-7,10,15H2,(H,16,18). The van der Waals surface area contributed by atoms with Crippen molar-refractivity contribution in [3.8, 4) is 0 Å². The van der Waals surface area contributed by atoms with Crippen LogP contribution >= 0.6 is 0 Å². The fraction of sp³-hybridized carbons (Fsp3) is 0.571. The maximum Gasteiger partial charge on any atom is 0.250 e. The molecular weight excluding hydrogens is 242 g/mol. The lowest BCUT2D eigenvalue weighted by Gasteiger charge is -2.11. The topological polar surface area (TPSA) is 77.1 Å². The van der Waals surface area contributed by atoms with E-state index in [1.807, 2.05) is 10.6 Å². The number of amides is 1. The summed E-state index contributed by atoms with van der Waals surface area (Å²) in [6.45, 7) is 0.756. The maximum atomic E-state index is 11.9. The van der Waals surface area contributed by atoms with Crippen LogP contribution in [-0.4, -0.2) is 10.5 Å². The molecule has 5 heteroatoms. The van der Waals surface area contributed by atoms with Gasteiger partial charge < -0.3 is 4.57 Å². The number of fused-ring (bicyclic) bond motifs is 1. The molecule has 3 N–H and O–H groups in total. The van der Waals surface area contributed by atoms with Gasteiger partial charge in [-0.05, 0) is 37.7 Å². The molecule has 0 unspecified atom stereocenters. The summed E-state index contributed by atoms with van der Waals surface area (Å²) in [5.74, 6) is 4.89. The molecule has 1 aliphatic carbocycles. The first-order valence-corrected chi connectivity index (χ1v) is 6.93. The van der Waals surface area contributed by atoms with Crippen LogP contribution in [0.3, 0.4) is 0 Å². The molecule has 0 saturated heterocycles. The average Bonchev–Trinajstić information content (AvgIpc) is 2.88. The Balaban J connectivity index is 1.85. The van der Waals surface area contributed by atoms with Gasteiger partial charge in [-0.3, -0.25) is 15.0 Å². The normalized spacial score (nSPS) is 13.3. The predicted molar refractivity (Wildman–Crippen MR) is 73.5 cm³/mol. The smallest absolute Gasteiger partial charge is 0.250 e. The molecule has 0 aliphatic heterocycles. The van der Waals surface area contributed by atoms with Gasteiger partial charge in [0.25, 0.3) is 5.56 Å². The van der Waals surface area contributed by atoms with Crippen molar-refractivity contribution in [2.24, 2.45) is 5.84 Å². The number of nitrogens with one attached hydrogen (secondary N) is 1. The minimum Gasteiger partial charge on any atom is -0.312 e. The molecule has 19 heavy (non-hydrogen) atoms. The summed E-state index contributed by atoms with van der Waals surface area (Å²) in [4.78, 5) is 22.8. The van der Waals surface area contributed by atoms with Crippen LogP contribution in [0.25, 0.3) is 0 Å². The highest BCUT2D eigenvalue weighted by molar-refractivity contribution is 5.74. The van der Waals surface area contributed by atoms with Gasteiger partial charge >= 0.3 is 0 Å². The quantitative estimate of drug-likeness (QED) is 0.346. The molecule has 0 radical (unpaired) electrons. The van der Waals surface area contributed by atoms with E-state index in [9.17, 15) is 9.59 Å². The highest BCUT2D eigenvalue weighted by Crippen LogP contribution is 2.20. The predicted octanol–water partition coefficient (Wildman–Crippen LogP) is 0.887. The number of hydrogen-bond acceptors (Lipinski definition) is 3. The molecule has 2 rings (SSSR count). The Labute approximate surface area is 112 Å². The van der Waals surface area contributed by atoms with Gasteiger partial charge in [0.1, 0.15) is 0 Å². The number of hydrogen-bond donors (Lipinski definition) is 2. The van der Waals surface area contributed by atoms with Crippen molar-refractivity contribution < 1.29 is 4.79 Å². The van der Waals surface area contributed by atoms with E-state index >= 15 is 0 Å². The number of carbonyl (C=O) groups is 1. The van der Waals surface area contributed by atoms with Gasteiger partial charge in [0.2, 0.25) is 5.91 Å². The molecule has 0 saturated carbocycles. The summed E-state index contributed by atoms with van der Waals surface area (Å²) in [6.07, 6.45) is 6.38. The molecule has 0 fully saturated rings. The van der Waals surface area contributed by atoms with Gasteiger partial charge in [-0.2, -0.15) is 0 Å². The Kier molecular flexibility index (Phi) is 4.74. The van der Waals surface area contributed by atoms with Gasteiger partial charge in [0.05, 0.1) is 0 Å². The van der Waals surface area contributed by atoms with Crippen LogP contribution in [0, 0.1) is 0 Å². The third-order valence-corrected chi connectivity index (χ3v) is 3.70. The van der Waals surface area contributed by atoms with Crippen LogP contribution in [0.15, 0.2) is 16.9 Å². The highest BCUT2D eigenvalue weighted by atomic mass is 16.2. The van der Waals surface area contributed by atoms with Crippen LogP contribution in [0.1, 0.15) is 43.4 Å². The largest absolute Gasteiger partial charge is 0.312 e. The van der Waals surface area contributed by atoms with Gasteiger partial charge in [0.15, 0.2) is 0 Å². The van der Waals surface area contributed by atoms with Crippen molar-refractivity contribution in [2.75, 3.05) is 0 Å². The number of hydrazine groups is 1. The van der Waals surface area contributed by atoms with Crippen molar-refractivity contribution in [3.05, 3.63) is 33.7 Å². The van der Waals surface area contributed by atoms with E-state index in [1.54, 1.807) is 6.07 Å². The lowest BCUT2D eigenvalue weighted by Crippen LogP contribution is -2.29. The second kappa shape index (κ2) is 6.52. The Hall–Kier alpha value is -1.62. The van der Waals surface area contributed by atoms with Crippen LogP contribution in [-0.2, 0) is 24.2 Å². The van der Waals surface area contributed by atoms with E-state index in [-0.39, 0.29) is 11.5 Å². The first-order valence-electron chi connectivity index (χ1n) is 6.93. The molecule has 0 atom stereocenters. The fourth-order valence-electron chi connectivity index (χ4n) is 2.68. The monoisotopic (exact) mass is 263 g/mol. The van der Waals surface area contributed by atoms with E-state index < -0.39 is 0 Å². The van der Waals surface area contributed by atoms with E-state index in [1.165, 1.54) is 11.3 Å². The van der Waals surface area contributed by atoms with Gasteiger partial charge in [-0.25, -0.2) is 5.84 Å². The number of nitrogens with two attached hydrogens (primary N) is 1. The molecule has 0 spiro atoms. The van der Waals surface area contributed by atoms with E-state index in [0.29, 0.717) is 6.42 Å². The van der Waals surface area contributed by atoms with E-state index in [0.717, 1.165) is 45.1 Å². The number of nitrogens with zero attached hydrogens (tertiary/aromatic N) is 1. The molecule has 1 amide bonds. The minimum atomic E-state index is -0.127. The number of rotatable bonds is 6. The van der Waals surface area contributed by atoms with Gasteiger partial charge in [-0.15, -0.1) is 0 Å². The van der Waals surface area contributed by atoms with Crippen LogP contribution < -0.4 is 16.8 Å². The summed E-state index contributed by atoms with van der Waals surface area (Å²) in [7, 11) is 0. The molecular formula is C14H21N3O2. The average molecular weight is 263 g/mol. The van der Waals surface area contributed by atoms with E-state index in [4.69, 9.17) is 5.84 Å².